The standard InChI is InChI=1S/C14H9ClF3N3/c15-8-1-4-10(5-2-8)21-12-6-3-9(19)7-11(12)20-13(21)14(16,17)18/h1-7H,19H2. The Kier molecular flexibility index (Phi) is 3.06. The summed E-state index contributed by atoms with van der Waals surface area (Å²) in [5.41, 5.74) is 6.82. The third-order valence-corrected chi connectivity index (χ3v) is 3.27. The molecule has 1 heterocycles. The van der Waals surface area contributed by atoms with Crippen molar-refractivity contribution < 1.29 is 13.2 Å². The third kappa shape index (κ3) is 2.42. The maximum atomic E-state index is 13.2. The minimum absolute atomic E-state index is 0.192. The molecule has 3 aromatic rings. The van der Waals surface area contributed by atoms with E-state index in [1.165, 1.54) is 42.5 Å². The number of benzene rings is 2. The van der Waals surface area contributed by atoms with E-state index >= 15 is 0 Å². The van der Waals surface area contributed by atoms with Gasteiger partial charge in [0.1, 0.15) is 0 Å². The molecule has 7 heteroatoms. The zero-order valence-electron chi connectivity index (χ0n) is 10.5. The number of nitrogen functional groups attached to an aromatic ring is 1. The van der Waals surface area contributed by atoms with Gasteiger partial charge < -0.3 is 5.73 Å². The molecule has 0 bridgehead atoms. The highest BCUT2D eigenvalue weighted by Crippen LogP contribution is 2.34. The van der Waals surface area contributed by atoms with E-state index in [2.05, 4.69) is 4.98 Å². The van der Waals surface area contributed by atoms with Crippen LogP contribution in [-0.2, 0) is 6.18 Å². The fraction of sp³-hybridized carbons (Fsp3) is 0.0714. The second-order valence-electron chi connectivity index (χ2n) is 4.49. The lowest BCUT2D eigenvalue weighted by Crippen LogP contribution is -2.13. The molecule has 2 aromatic carbocycles. The first kappa shape index (κ1) is 13.8. The molecule has 0 aliphatic carbocycles. The summed E-state index contributed by atoms with van der Waals surface area (Å²) in [5, 5.41) is 0.445. The van der Waals surface area contributed by atoms with E-state index in [-0.39, 0.29) is 5.52 Å². The SMILES string of the molecule is Nc1ccc2c(c1)nc(C(F)(F)F)n2-c1ccc(Cl)cc1. The molecule has 0 atom stereocenters. The summed E-state index contributed by atoms with van der Waals surface area (Å²) in [4.78, 5) is 3.67. The lowest BCUT2D eigenvalue weighted by atomic mass is 10.2. The van der Waals surface area contributed by atoms with Gasteiger partial charge in [-0.1, -0.05) is 11.6 Å². The average molecular weight is 312 g/mol. The summed E-state index contributed by atoms with van der Waals surface area (Å²) in [6, 6.07) is 10.5. The summed E-state index contributed by atoms with van der Waals surface area (Å²) in [6.07, 6.45) is -4.58. The predicted octanol–water partition coefficient (Wildman–Crippen LogP) is 4.28. The molecule has 0 unspecified atom stereocenters. The summed E-state index contributed by atoms with van der Waals surface area (Å²) in [6.45, 7) is 0. The Morgan fingerprint density at radius 2 is 1.71 bits per heavy atom. The number of hydrogen-bond donors (Lipinski definition) is 1. The fourth-order valence-corrected chi connectivity index (χ4v) is 2.26. The van der Waals surface area contributed by atoms with Crippen molar-refractivity contribution in [2.75, 3.05) is 5.73 Å². The highest BCUT2D eigenvalue weighted by molar-refractivity contribution is 6.30. The van der Waals surface area contributed by atoms with Crippen LogP contribution in [0.3, 0.4) is 0 Å². The maximum absolute atomic E-state index is 13.2. The van der Waals surface area contributed by atoms with Gasteiger partial charge in [-0.05, 0) is 42.5 Å². The number of nitrogens with two attached hydrogens (primary N) is 1. The van der Waals surface area contributed by atoms with Gasteiger partial charge in [-0.2, -0.15) is 13.2 Å². The number of nitrogens with zero attached hydrogens (tertiary/aromatic N) is 2. The largest absolute Gasteiger partial charge is 0.450 e. The molecular weight excluding hydrogens is 303 g/mol. The van der Waals surface area contributed by atoms with Crippen LogP contribution in [0.25, 0.3) is 16.7 Å². The van der Waals surface area contributed by atoms with Crippen LogP contribution >= 0.6 is 11.6 Å². The molecule has 3 rings (SSSR count). The molecule has 108 valence electrons. The van der Waals surface area contributed by atoms with Crippen LogP contribution in [-0.4, -0.2) is 9.55 Å². The van der Waals surface area contributed by atoms with Crippen molar-refractivity contribution in [1.29, 1.82) is 0 Å². The minimum atomic E-state index is -4.58. The van der Waals surface area contributed by atoms with E-state index < -0.39 is 12.0 Å². The van der Waals surface area contributed by atoms with Crippen LogP contribution in [0.2, 0.25) is 5.02 Å². The Hall–Kier alpha value is -2.21. The third-order valence-electron chi connectivity index (χ3n) is 3.02. The Morgan fingerprint density at radius 3 is 2.33 bits per heavy atom. The fourth-order valence-electron chi connectivity index (χ4n) is 2.14. The molecule has 0 radical (unpaired) electrons. The molecule has 0 spiro atoms. The van der Waals surface area contributed by atoms with Crippen molar-refractivity contribution >= 4 is 28.3 Å². The molecule has 0 aliphatic rings. The van der Waals surface area contributed by atoms with E-state index in [0.29, 0.717) is 21.9 Å². The first-order chi connectivity index (χ1) is 9.86. The smallest absolute Gasteiger partial charge is 0.399 e. The molecule has 0 amide bonds. The number of anilines is 1. The van der Waals surface area contributed by atoms with Gasteiger partial charge in [-0.3, -0.25) is 4.57 Å². The topological polar surface area (TPSA) is 43.8 Å². The summed E-state index contributed by atoms with van der Waals surface area (Å²) >= 11 is 5.78. The van der Waals surface area contributed by atoms with Crippen molar-refractivity contribution in [3.63, 3.8) is 0 Å². The lowest BCUT2D eigenvalue weighted by Gasteiger charge is -2.11. The molecular formula is C14H9ClF3N3. The first-order valence-corrected chi connectivity index (χ1v) is 6.35. The van der Waals surface area contributed by atoms with Crippen molar-refractivity contribution in [2.45, 2.75) is 6.18 Å². The van der Waals surface area contributed by atoms with Crippen LogP contribution in [0, 0.1) is 0 Å². The first-order valence-electron chi connectivity index (χ1n) is 5.97. The second kappa shape index (κ2) is 4.66. The summed E-state index contributed by atoms with van der Waals surface area (Å²) in [5.74, 6) is -0.995. The summed E-state index contributed by atoms with van der Waals surface area (Å²) in [7, 11) is 0. The Balaban J connectivity index is 2.35. The normalized spacial score (nSPS) is 12.0. The highest BCUT2D eigenvalue weighted by atomic mass is 35.5. The Morgan fingerprint density at radius 1 is 1.05 bits per heavy atom. The van der Waals surface area contributed by atoms with Crippen molar-refractivity contribution in [2.24, 2.45) is 0 Å². The van der Waals surface area contributed by atoms with Gasteiger partial charge in [0.25, 0.3) is 0 Å². The van der Waals surface area contributed by atoms with E-state index in [0.717, 1.165) is 4.57 Å². The molecule has 21 heavy (non-hydrogen) atoms. The van der Waals surface area contributed by atoms with Gasteiger partial charge in [-0.15, -0.1) is 0 Å². The monoisotopic (exact) mass is 311 g/mol. The number of hydrogen-bond acceptors (Lipinski definition) is 2. The van der Waals surface area contributed by atoms with Crippen LogP contribution < -0.4 is 5.73 Å². The number of imidazole rings is 1. The number of fused-ring (bicyclic) bond motifs is 1. The van der Waals surface area contributed by atoms with Crippen LogP contribution in [0.1, 0.15) is 5.82 Å². The van der Waals surface area contributed by atoms with Crippen LogP contribution in [0.5, 0.6) is 0 Å². The molecule has 0 saturated carbocycles. The number of aromatic nitrogens is 2. The van der Waals surface area contributed by atoms with Crippen LogP contribution in [0.4, 0.5) is 18.9 Å². The minimum Gasteiger partial charge on any atom is -0.399 e. The van der Waals surface area contributed by atoms with Crippen molar-refractivity contribution in [3.8, 4) is 5.69 Å². The number of halogens is 4. The van der Waals surface area contributed by atoms with Gasteiger partial charge in [-0.25, -0.2) is 4.98 Å². The van der Waals surface area contributed by atoms with Gasteiger partial charge in [0.2, 0.25) is 5.82 Å². The number of alkyl halides is 3. The van der Waals surface area contributed by atoms with Gasteiger partial charge >= 0.3 is 6.18 Å². The maximum Gasteiger partial charge on any atom is 0.450 e. The summed E-state index contributed by atoms with van der Waals surface area (Å²) < 4.78 is 40.7. The molecule has 2 N–H and O–H groups in total. The zero-order chi connectivity index (χ0) is 15.2. The highest BCUT2D eigenvalue weighted by Gasteiger charge is 2.38. The molecule has 0 saturated heterocycles. The molecule has 1 aromatic heterocycles. The van der Waals surface area contributed by atoms with E-state index in [4.69, 9.17) is 17.3 Å². The molecule has 0 fully saturated rings. The zero-order valence-corrected chi connectivity index (χ0v) is 11.3. The van der Waals surface area contributed by atoms with Gasteiger partial charge in [0.05, 0.1) is 11.0 Å². The Labute approximate surface area is 122 Å². The number of rotatable bonds is 1. The lowest BCUT2D eigenvalue weighted by molar-refractivity contribution is -0.145. The quantitative estimate of drug-likeness (QED) is 0.682. The van der Waals surface area contributed by atoms with E-state index in [1.54, 1.807) is 0 Å². The van der Waals surface area contributed by atoms with Crippen LogP contribution in [0.15, 0.2) is 42.5 Å². The van der Waals surface area contributed by atoms with E-state index in [9.17, 15) is 13.2 Å². The van der Waals surface area contributed by atoms with Gasteiger partial charge in [0.15, 0.2) is 0 Å². The van der Waals surface area contributed by atoms with Crippen molar-refractivity contribution in [3.05, 3.63) is 53.3 Å². The molecule has 3 nitrogen and oxygen atoms in total. The average Bonchev–Trinajstić information content (AvgIpc) is 2.78. The van der Waals surface area contributed by atoms with Crippen molar-refractivity contribution in [1.82, 2.24) is 9.55 Å². The Bertz CT molecular complexity index is 807. The van der Waals surface area contributed by atoms with E-state index in [1.807, 2.05) is 0 Å². The second-order valence-corrected chi connectivity index (χ2v) is 4.93. The predicted molar refractivity (Wildman–Crippen MR) is 75.5 cm³/mol. The molecule has 0 aliphatic heterocycles. The van der Waals surface area contributed by atoms with Gasteiger partial charge in [0, 0.05) is 16.4 Å².